The lowest BCUT2D eigenvalue weighted by Gasteiger charge is -2.24. The van der Waals surface area contributed by atoms with Crippen LogP contribution in [0.1, 0.15) is 5.56 Å². The maximum Gasteiger partial charge on any atom is 0.108 e. The van der Waals surface area contributed by atoms with Gasteiger partial charge in [0.25, 0.3) is 0 Å². The molecule has 0 aliphatic carbocycles. The van der Waals surface area contributed by atoms with Gasteiger partial charge in [0.15, 0.2) is 0 Å². The largest absolute Gasteiger partial charge is 0.397 e. The number of nitrogen functional groups attached to an aromatic ring is 1. The zero-order chi connectivity index (χ0) is 13.7. The minimum Gasteiger partial charge on any atom is -0.397 e. The molecule has 0 heterocycles. The fraction of sp³-hybridized carbons (Fsp3) is 0.500. The lowest BCUT2D eigenvalue weighted by Crippen LogP contribution is -2.29. The van der Waals surface area contributed by atoms with Crippen LogP contribution < -0.4 is 10.6 Å². The molecule has 18 heavy (non-hydrogen) atoms. The van der Waals surface area contributed by atoms with Crippen molar-refractivity contribution in [3.8, 4) is 0 Å². The molecule has 0 saturated heterocycles. The molecule has 0 atom stereocenters. The summed E-state index contributed by atoms with van der Waals surface area (Å²) in [6.45, 7) is 1.89. The van der Waals surface area contributed by atoms with E-state index in [9.17, 15) is 4.91 Å². The van der Waals surface area contributed by atoms with Crippen LogP contribution in [0.5, 0.6) is 0 Å². The first-order chi connectivity index (χ1) is 8.45. The Morgan fingerprint density at radius 3 is 2.50 bits per heavy atom. The summed E-state index contributed by atoms with van der Waals surface area (Å²) < 4.78 is 0.905. The molecule has 1 aromatic rings. The van der Waals surface area contributed by atoms with Gasteiger partial charge in [-0.1, -0.05) is 21.1 Å². The first-order valence-electron chi connectivity index (χ1n) is 5.68. The van der Waals surface area contributed by atoms with Crippen LogP contribution in [0, 0.1) is 4.91 Å². The Balaban J connectivity index is 2.96. The molecule has 5 nitrogen and oxygen atoms in total. The van der Waals surface area contributed by atoms with Gasteiger partial charge in [0, 0.05) is 30.2 Å². The highest BCUT2D eigenvalue weighted by Gasteiger charge is 2.11. The van der Waals surface area contributed by atoms with E-state index in [2.05, 4.69) is 30.9 Å². The molecule has 0 aliphatic rings. The van der Waals surface area contributed by atoms with E-state index in [4.69, 9.17) is 5.73 Å². The Labute approximate surface area is 116 Å². The first-order valence-corrected chi connectivity index (χ1v) is 6.48. The maximum atomic E-state index is 10.4. The van der Waals surface area contributed by atoms with E-state index in [1.165, 1.54) is 0 Å². The SMILES string of the molecule is CN(C)CCN(C)c1cc(Br)cc(CN=O)c1N. The topological polar surface area (TPSA) is 61.9 Å². The van der Waals surface area contributed by atoms with Crippen molar-refractivity contribution in [2.45, 2.75) is 6.54 Å². The summed E-state index contributed by atoms with van der Waals surface area (Å²) in [6.07, 6.45) is 0. The van der Waals surface area contributed by atoms with Crippen LogP contribution in [0.15, 0.2) is 21.8 Å². The second kappa shape index (κ2) is 6.70. The summed E-state index contributed by atoms with van der Waals surface area (Å²) in [6, 6.07) is 3.79. The third kappa shape index (κ3) is 3.96. The molecule has 1 aromatic carbocycles. The smallest absolute Gasteiger partial charge is 0.108 e. The molecule has 0 spiro atoms. The van der Waals surface area contributed by atoms with E-state index in [1.54, 1.807) is 0 Å². The predicted molar refractivity (Wildman–Crippen MR) is 79.9 cm³/mol. The van der Waals surface area contributed by atoms with Crippen LogP contribution in [0.2, 0.25) is 0 Å². The van der Waals surface area contributed by atoms with E-state index in [0.29, 0.717) is 5.69 Å². The lowest BCUT2D eigenvalue weighted by atomic mass is 10.1. The molecule has 1 rings (SSSR count). The average Bonchev–Trinajstić information content (AvgIpc) is 2.30. The Morgan fingerprint density at radius 1 is 1.28 bits per heavy atom. The van der Waals surface area contributed by atoms with Crippen molar-refractivity contribution in [3.63, 3.8) is 0 Å². The van der Waals surface area contributed by atoms with Crippen molar-refractivity contribution < 1.29 is 0 Å². The number of nitrogens with zero attached hydrogens (tertiary/aromatic N) is 3. The molecule has 0 saturated carbocycles. The van der Waals surface area contributed by atoms with Crippen LogP contribution in [0.3, 0.4) is 0 Å². The highest BCUT2D eigenvalue weighted by molar-refractivity contribution is 9.10. The summed E-state index contributed by atoms with van der Waals surface area (Å²) in [7, 11) is 6.04. The minimum atomic E-state index is 0.0970. The Kier molecular flexibility index (Phi) is 5.55. The standard InChI is InChI=1S/C12H19BrN4O/c1-16(2)4-5-17(3)11-7-10(13)6-9(8-15-18)12(11)14/h6-7H,4-5,8,14H2,1-3H3. The van der Waals surface area contributed by atoms with E-state index in [1.807, 2.05) is 33.3 Å². The number of anilines is 2. The second-order valence-electron chi connectivity index (χ2n) is 4.51. The van der Waals surface area contributed by atoms with Gasteiger partial charge in [-0.05, 0) is 26.2 Å². The number of hydrogen-bond acceptors (Lipinski definition) is 5. The van der Waals surface area contributed by atoms with Gasteiger partial charge in [-0.15, -0.1) is 0 Å². The van der Waals surface area contributed by atoms with Crippen LogP contribution in [0.25, 0.3) is 0 Å². The number of hydrogen-bond donors (Lipinski definition) is 1. The summed E-state index contributed by atoms with van der Waals surface area (Å²) in [5, 5.41) is 2.90. The highest BCUT2D eigenvalue weighted by atomic mass is 79.9. The van der Waals surface area contributed by atoms with E-state index < -0.39 is 0 Å². The summed E-state index contributed by atoms with van der Waals surface area (Å²) in [5.41, 5.74) is 8.37. The van der Waals surface area contributed by atoms with Gasteiger partial charge in [0.1, 0.15) is 6.54 Å². The third-order valence-corrected chi connectivity index (χ3v) is 3.20. The Hall–Kier alpha value is -1.14. The highest BCUT2D eigenvalue weighted by Crippen LogP contribution is 2.30. The Bertz CT molecular complexity index is 423. The molecule has 0 unspecified atom stereocenters. The Morgan fingerprint density at radius 2 is 1.94 bits per heavy atom. The zero-order valence-electron chi connectivity index (χ0n) is 11.0. The number of benzene rings is 1. The molecule has 0 aliphatic heterocycles. The molecule has 0 aromatic heterocycles. The van der Waals surface area contributed by atoms with Crippen molar-refractivity contribution in [1.82, 2.24) is 4.90 Å². The number of halogens is 1. The fourth-order valence-corrected chi connectivity index (χ4v) is 2.14. The molecular weight excluding hydrogens is 296 g/mol. The van der Waals surface area contributed by atoms with Gasteiger partial charge >= 0.3 is 0 Å². The predicted octanol–water partition coefficient (Wildman–Crippen LogP) is 2.30. The molecule has 0 bridgehead atoms. The first kappa shape index (κ1) is 14.9. The summed E-state index contributed by atoms with van der Waals surface area (Å²) in [5.74, 6) is 0. The molecule has 0 fully saturated rings. The van der Waals surface area contributed by atoms with E-state index in [0.717, 1.165) is 28.8 Å². The van der Waals surface area contributed by atoms with E-state index >= 15 is 0 Å². The van der Waals surface area contributed by atoms with Gasteiger partial charge in [-0.2, -0.15) is 4.91 Å². The molecule has 100 valence electrons. The van der Waals surface area contributed by atoms with Crippen molar-refractivity contribution in [1.29, 1.82) is 0 Å². The average molecular weight is 315 g/mol. The maximum absolute atomic E-state index is 10.4. The van der Waals surface area contributed by atoms with Gasteiger partial charge in [-0.3, -0.25) is 0 Å². The molecule has 6 heteroatoms. The quantitative estimate of drug-likeness (QED) is 0.646. The van der Waals surface area contributed by atoms with Gasteiger partial charge < -0.3 is 15.5 Å². The fourth-order valence-electron chi connectivity index (χ4n) is 1.65. The normalized spacial score (nSPS) is 10.7. The number of nitrogens with two attached hydrogens (primary N) is 1. The van der Waals surface area contributed by atoms with Crippen molar-refractivity contribution in [2.75, 3.05) is 44.9 Å². The molecule has 0 amide bonds. The number of nitroso groups, excluding NO2 is 1. The van der Waals surface area contributed by atoms with Crippen LogP contribution in [0.4, 0.5) is 11.4 Å². The van der Waals surface area contributed by atoms with Crippen LogP contribution >= 0.6 is 15.9 Å². The lowest BCUT2D eigenvalue weighted by molar-refractivity contribution is 0.416. The molecular formula is C12H19BrN4O. The van der Waals surface area contributed by atoms with Gasteiger partial charge in [-0.25, -0.2) is 0 Å². The minimum absolute atomic E-state index is 0.0970. The van der Waals surface area contributed by atoms with Crippen molar-refractivity contribution >= 4 is 27.3 Å². The monoisotopic (exact) mass is 314 g/mol. The van der Waals surface area contributed by atoms with Crippen molar-refractivity contribution in [3.05, 3.63) is 27.1 Å². The zero-order valence-corrected chi connectivity index (χ0v) is 12.6. The summed E-state index contributed by atoms with van der Waals surface area (Å²) >= 11 is 3.43. The molecule has 0 radical (unpaired) electrons. The van der Waals surface area contributed by atoms with Gasteiger partial charge in [0.05, 0.1) is 11.4 Å². The van der Waals surface area contributed by atoms with Crippen molar-refractivity contribution in [2.24, 2.45) is 5.18 Å². The third-order valence-electron chi connectivity index (χ3n) is 2.74. The number of likely N-dealkylation sites (N-methyl/N-ethyl adjacent to an activating group) is 2. The summed E-state index contributed by atoms with van der Waals surface area (Å²) in [4.78, 5) is 14.6. The van der Waals surface area contributed by atoms with Gasteiger partial charge in [0.2, 0.25) is 0 Å². The van der Waals surface area contributed by atoms with E-state index in [-0.39, 0.29) is 6.54 Å². The molecule has 2 N–H and O–H groups in total. The van der Waals surface area contributed by atoms with Crippen LogP contribution in [-0.2, 0) is 6.54 Å². The van der Waals surface area contributed by atoms with Crippen LogP contribution in [-0.4, -0.2) is 39.1 Å². The second-order valence-corrected chi connectivity index (χ2v) is 5.43. The number of rotatable bonds is 6.